The van der Waals surface area contributed by atoms with Crippen molar-refractivity contribution in [2.75, 3.05) is 24.5 Å². The van der Waals surface area contributed by atoms with Crippen molar-refractivity contribution in [1.82, 2.24) is 4.90 Å². The molecule has 0 radical (unpaired) electrons. The molecule has 2 aliphatic carbocycles. The van der Waals surface area contributed by atoms with Crippen molar-refractivity contribution >= 4 is 11.6 Å². The fraction of sp³-hybridized carbons (Fsp3) is 0.667. The van der Waals surface area contributed by atoms with E-state index >= 15 is 0 Å². The quantitative estimate of drug-likeness (QED) is 0.850. The number of carbonyl (C=O) groups excluding carboxylic acids is 1. The molecular weight excluding hydrogens is 296 g/mol. The van der Waals surface area contributed by atoms with Gasteiger partial charge < -0.3 is 9.80 Å². The molecule has 3 atom stereocenters. The molecule has 2 saturated carbocycles. The van der Waals surface area contributed by atoms with E-state index in [4.69, 9.17) is 0 Å². The number of anilines is 1. The third-order valence-electron chi connectivity index (χ3n) is 7.16. The molecule has 2 aliphatic heterocycles. The Balaban J connectivity index is 1.21. The normalized spacial score (nSPS) is 33.4. The molecule has 0 aromatic heterocycles. The maximum Gasteiger partial charge on any atom is 0.231 e. The van der Waals surface area contributed by atoms with E-state index in [1.165, 1.54) is 56.6 Å². The lowest BCUT2D eigenvalue weighted by molar-refractivity contribution is -0.118. The van der Waals surface area contributed by atoms with Crippen molar-refractivity contribution in [2.45, 2.75) is 51.0 Å². The van der Waals surface area contributed by atoms with E-state index in [1.807, 2.05) is 6.07 Å². The van der Waals surface area contributed by atoms with Gasteiger partial charge in [-0.15, -0.1) is 0 Å². The summed E-state index contributed by atoms with van der Waals surface area (Å²) in [4.78, 5) is 17.3. The second-order valence-electron chi connectivity index (χ2n) is 8.54. The van der Waals surface area contributed by atoms with E-state index < -0.39 is 0 Å². The number of rotatable bonds is 3. The summed E-state index contributed by atoms with van der Waals surface area (Å²) in [6.07, 6.45) is 8.87. The molecule has 1 amide bonds. The van der Waals surface area contributed by atoms with Gasteiger partial charge in [-0.05, 0) is 61.5 Å². The molecule has 0 N–H and O–H groups in total. The average molecular weight is 324 g/mol. The van der Waals surface area contributed by atoms with Gasteiger partial charge in [0.2, 0.25) is 5.91 Å². The van der Waals surface area contributed by atoms with Gasteiger partial charge in [0.25, 0.3) is 0 Å². The minimum absolute atomic E-state index is 0.308. The summed E-state index contributed by atoms with van der Waals surface area (Å²) in [5, 5.41) is 0. The number of amides is 1. The van der Waals surface area contributed by atoms with Gasteiger partial charge >= 0.3 is 0 Å². The molecule has 2 bridgehead atoms. The summed E-state index contributed by atoms with van der Waals surface area (Å²) >= 11 is 0. The molecule has 4 aliphatic rings. The average Bonchev–Trinajstić information content (AvgIpc) is 3.29. The van der Waals surface area contributed by atoms with E-state index in [1.54, 1.807) is 0 Å². The summed E-state index contributed by atoms with van der Waals surface area (Å²) in [6.45, 7) is 3.66. The second-order valence-corrected chi connectivity index (χ2v) is 8.54. The summed E-state index contributed by atoms with van der Waals surface area (Å²) in [5.74, 6) is 3.35. The first kappa shape index (κ1) is 14.9. The molecule has 1 aromatic carbocycles. The highest BCUT2D eigenvalue weighted by Gasteiger charge is 2.41. The first-order valence-electron chi connectivity index (χ1n) is 9.90. The summed E-state index contributed by atoms with van der Waals surface area (Å²) in [6, 6.07) is 8.76. The Kier molecular flexibility index (Phi) is 3.66. The number of fused-ring (bicyclic) bond motifs is 3. The van der Waals surface area contributed by atoms with Crippen LogP contribution in [0.3, 0.4) is 0 Å². The van der Waals surface area contributed by atoms with Crippen LogP contribution in [-0.4, -0.2) is 36.5 Å². The van der Waals surface area contributed by atoms with Crippen LogP contribution in [0.2, 0.25) is 0 Å². The van der Waals surface area contributed by atoms with Gasteiger partial charge in [-0.3, -0.25) is 4.79 Å². The Morgan fingerprint density at radius 3 is 2.58 bits per heavy atom. The van der Waals surface area contributed by atoms with Gasteiger partial charge in [-0.2, -0.15) is 0 Å². The number of hydrogen-bond donors (Lipinski definition) is 0. The third-order valence-corrected chi connectivity index (χ3v) is 7.16. The van der Waals surface area contributed by atoms with Gasteiger partial charge in [0.05, 0.1) is 6.42 Å². The predicted octanol–water partition coefficient (Wildman–Crippen LogP) is 3.48. The van der Waals surface area contributed by atoms with Crippen LogP contribution in [0.15, 0.2) is 24.3 Å². The number of para-hydroxylation sites is 1. The SMILES string of the molecule is O=C1Cc2ccccc2N1C1CCN(C[C@@H]2C[C@H]3CC[C@@H]2C3)CC1. The van der Waals surface area contributed by atoms with Gasteiger partial charge in [-0.1, -0.05) is 24.6 Å². The number of likely N-dealkylation sites (tertiary alicyclic amines) is 1. The van der Waals surface area contributed by atoms with Crippen molar-refractivity contribution < 1.29 is 4.79 Å². The first-order chi connectivity index (χ1) is 11.8. The van der Waals surface area contributed by atoms with Crippen LogP contribution in [0.5, 0.6) is 0 Å². The standard InChI is InChI=1S/C21H28N2O/c24-21-13-17-3-1-2-4-20(17)23(21)19-7-9-22(10-8-19)14-18-12-15-5-6-16(18)11-15/h1-4,15-16,18-19H,5-14H2/t15-,16+,18-/m0/s1. The van der Waals surface area contributed by atoms with Crippen molar-refractivity contribution in [2.24, 2.45) is 17.8 Å². The highest BCUT2D eigenvalue weighted by Crippen LogP contribution is 2.48. The monoisotopic (exact) mass is 324 g/mol. The number of piperidine rings is 1. The minimum Gasteiger partial charge on any atom is -0.309 e. The minimum atomic E-state index is 0.308. The fourth-order valence-electron chi connectivity index (χ4n) is 5.97. The van der Waals surface area contributed by atoms with Crippen molar-refractivity contribution in [3.8, 4) is 0 Å². The maximum absolute atomic E-state index is 12.5. The smallest absolute Gasteiger partial charge is 0.231 e. The number of carbonyl (C=O) groups is 1. The topological polar surface area (TPSA) is 23.6 Å². The lowest BCUT2D eigenvalue weighted by Crippen LogP contribution is -2.47. The number of nitrogens with zero attached hydrogens (tertiary/aromatic N) is 2. The first-order valence-corrected chi connectivity index (χ1v) is 9.90. The molecule has 1 saturated heterocycles. The van der Waals surface area contributed by atoms with E-state index in [-0.39, 0.29) is 0 Å². The zero-order chi connectivity index (χ0) is 16.1. The van der Waals surface area contributed by atoms with Crippen LogP contribution >= 0.6 is 0 Å². The molecule has 5 rings (SSSR count). The lowest BCUT2D eigenvalue weighted by Gasteiger charge is -2.39. The van der Waals surface area contributed by atoms with Crippen LogP contribution < -0.4 is 4.90 Å². The van der Waals surface area contributed by atoms with Crippen LogP contribution in [0.1, 0.15) is 44.1 Å². The Hall–Kier alpha value is -1.35. The molecule has 0 spiro atoms. The summed E-state index contributed by atoms with van der Waals surface area (Å²) < 4.78 is 0. The molecule has 24 heavy (non-hydrogen) atoms. The fourth-order valence-corrected chi connectivity index (χ4v) is 5.97. The zero-order valence-corrected chi connectivity index (χ0v) is 14.5. The van der Waals surface area contributed by atoms with Crippen molar-refractivity contribution in [3.05, 3.63) is 29.8 Å². The van der Waals surface area contributed by atoms with Crippen molar-refractivity contribution in [1.29, 1.82) is 0 Å². The van der Waals surface area contributed by atoms with Gasteiger partial charge in [0, 0.05) is 31.4 Å². The molecule has 3 heteroatoms. The van der Waals surface area contributed by atoms with E-state index in [0.717, 1.165) is 30.6 Å². The zero-order valence-electron chi connectivity index (χ0n) is 14.5. The summed E-state index contributed by atoms with van der Waals surface area (Å²) in [5.41, 5.74) is 2.39. The Bertz CT molecular complexity index is 634. The van der Waals surface area contributed by atoms with Gasteiger partial charge in [0.1, 0.15) is 0 Å². The molecule has 2 heterocycles. The largest absolute Gasteiger partial charge is 0.309 e. The number of benzene rings is 1. The van der Waals surface area contributed by atoms with Crippen LogP contribution in [-0.2, 0) is 11.2 Å². The van der Waals surface area contributed by atoms with Crippen LogP contribution in [0, 0.1) is 17.8 Å². The molecule has 3 fully saturated rings. The Labute approximate surface area is 145 Å². The lowest BCUT2D eigenvalue weighted by atomic mass is 9.88. The highest BCUT2D eigenvalue weighted by molar-refractivity contribution is 6.01. The van der Waals surface area contributed by atoms with Gasteiger partial charge in [-0.25, -0.2) is 0 Å². The second kappa shape index (κ2) is 5.87. The third kappa shape index (κ3) is 2.48. The van der Waals surface area contributed by atoms with E-state index in [0.29, 0.717) is 18.4 Å². The Morgan fingerprint density at radius 2 is 1.83 bits per heavy atom. The van der Waals surface area contributed by atoms with Crippen LogP contribution in [0.4, 0.5) is 5.69 Å². The molecule has 1 aromatic rings. The van der Waals surface area contributed by atoms with E-state index in [2.05, 4.69) is 28.0 Å². The molecule has 0 unspecified atom stereocenters. The molecule has 3 nitrogen and oxygen atoms in total. The van der Waals surface area contributed by atoms with Crippen molar-refractivity contribution in [3.63, 3.8) is 0 Å². The predicted molar refractivity (Wildman–Crippen MR) is 96.0 cm³/mol. The maximum atomic E-state index is 12.5. The Morgan fingerprint density at radius 1 is 1.00 bits per heavy atom. The van der Waals surface area contributed by atoms with E-state index in [9.17, 15) is 4.79 Å². The van der Waals surface area contributed by atoms with Gasteiger partial charge in [0.15, 0.2) is 0 Å². The molecular formula is C21H28N2O. The molecule has 128 valence electrons. The highest BCUT2D eigenvalue weighted by atomic mass is 16.2. The summed E-state index contributed by atoms with van der Waals surface area (Å²) in [7, 11) is 0. The van der Waals surface area contributed by atoms with Crippen LogP contribution in [0.25, 0.3) is 0 Å². The number of hydrogen-bond acceptors (Lipinski definition) is 2.